The highest BCUT2D eigenvalue weighted by Crippen LogP contribution is 2.08. The van der Waals surface area contributed by atoms with Crippen molar-refractivity contribution in [2.24, 2.45) is 0 Å². The molecule has 0 aliphatic carbocycles. The Balaban J connectivity index is 2.28. The van der Waals surface area contributed by atoms with Gasteiger partial charge in [0.2, 0.25) is 0 Å². The van der Waals surface area contributed by atoms with Crippen LogP contribution >= 0.6 is 0 Å². The molecule has 0 radical (unpaired) electrons. The van der Waals surface area contributed by atoms with Gasteiger partial charge in [-0.25, -0.2) is 0 Å². The Kier molecular flexibility index (Phi) is 5.06. The first-order valence-electron chi connectivity index (χ1n) is 6.97. The highest BCUT2D eigenvalue weighted by molar-refractivity contribution is 6.02. The average molecular weight is 288 g/mol. The van der Waals surface area contributed by atoms with Crippen molar-refractivity contribution in [1.29, 1.82) is 0 Å². The molecule has 108 valence electrons. The minimum atomic E-state index is -0.0725. The molecule has 0 aliphatic rings. The number of carbonyl (C=O) groups excluding carboxylic acids is 2. The molecule has 0 saturated carbocycles. The number of hydrogen-bond acceptors (Lipinski definition) is 2. The first-order valence-corrected chi connectivity index (χ1v) is 6.97. The van der Waals surface area contributed by atoms with E-state index < -0.39 is 0 Å². The highest BCUT2D eigenvalue weighted by atomic mass is 16.1. The molecule has 0 aliphatic heterocycles. The molecule has 0 spiro atoms. The molecule has 0 amide bonds. The van der Waals surface area contributed by atoms with Crippen LogP contribution in [0.2, 0.25) is 0 Å². The molecule has 0 bridgehead atoms. The predicted molar refractivity (Wildman–Crippen MR) is 88.4 cm³/mol. The molecule has 0 saturated heterocycles. The van der Waals surface area contributed by atoms with E-state index in [1.807, 2.05) is 30.3 Å². The fraction of sp³-hybridized carbons (Fsp3) is 0.100. The van der Waals surface area contributed by atoms with Crippen molar-refractivity contribution in [2.75, 3.05) is 0 Å². The second-order valence-corrected chi connectivity index (χ2v) is 4.91. The summed E-state index contributed by atoms with van der Waals surface area (Å²) >= 11 is 0. The average Bonchev–Trinajstić information content (AvgIpc) is 2.52. The van der Waals surface area contributed by atoms with Crippen molar-refractivity contribution in [3.63, 3.8) is 0 Å². The van der Waals surface area contributed by atoms with Gasteiger partial charge in [0.1, 0.15) is 0 Å². The summed E-state index contributed by atoms with van der Waals surface area (Å²) in [5.74, 6) is 5.82. The summed E-state index contributed by atoms with van der Waals surface area (Å²) in [4.78, 5) is 22.9. The van der Waals surface area contributed by atoms with Gasteiger partial charge in [-0.2, -0.15) is 0 Å². The van der Waals surface area contributed by atoms with Gasteiger partial charge >= 0.3 is 0 Å². The topological polar surface area (TPSA) is 34.1 Å². The first-order chi connectivity index (χ1) is 10.6. The Morgan fingerprint density at radius 1 is 0.909 bits per heavy atom. The third-order valence-electron chi connectivity index (χ3n) is 3.12. The van der Waals surface area contributed by atoms with Crippen molar-refractivity contribution in [3.05, 3.63) is 76.9 Å². The van der Waals surface area contributed by atoms with Gasteiger partial charge in [0.15, 0.2) is 11.6 Å². The van der Waals surface area contributed by atoms with Gasteiger partial charge < -0.3 is 0 Å². The lowest BCUT2D eigenvalue weighted by molar-refractivity contribution is -0.113. The van der Waals surface area contributed by atoms with Gasteiger partial charge in [0.05, 0.1) is 5.57 Å². The van der Waals surface area contributed by atoms with Crippen LogP contribution in [0, 0.1) is 11.8 Å². The molecule has 0 N–H and O–H groups in total. The molecule has 2 rings (SSSR count). The fourth-order valence-electron chi connectivity index (χ4n) is 1.87. The van der Waals surface area contributed by atoms with E-state index in [0.29, 0.717) is 11.1 Å². The van der Waals surface area contributed by atoms with Gasteiger partial charge in [-0.05, 0) is 37.6 Å². The Hall–Kier alpha value is -2.92. The number of ketones is 2. The maximum Gasteiger partial charge on any atom is 0.168 e. The summed E-state index contributed by atoms with van der Waals surface area (Å²) in [6.45, 7) is 3.03. The number of hydrogen-bond donors (Lipinski definition) is 0. The second kappa shape index (κ2) is 7.19. The summed E-state index contributed by atoms with van der Waals surface area (Å²) in [7, 11) is 0. The molecule has 0 atom stereocenters. The molecular formula is C20H16O2. The Morgan fingerprint density at radius 2 is 1.55 bits per heavy atom. The Morgan fingerprint density at radius 3 is 2.09 bits per heavy atom. The maximum atomic E-state index is 11.7. The summed E-state index contributed by atoms with van der Waals surface area (Å²) in [5, 5.41) is 0. The Bertz CT molecular complexity index is 770. The summed E-state index contributed by atoms with van der Waals surface area (Å²) in [6, 6.07) is 16.6. The monoisotopic (exact) mass is 288 g/mol. The van der Waals surface area contributed by atoms with Gasteiger partial charge in [0.25, 0.3) is 0 Å². The molecule has 22 heavy (non-hydrogen) atoms. The first kappa shape index (κ1) is 15.5. The number of benzene rings is 2. The predicted octanol–water partition coefficient (Wildman–Crippen LogP) is 3.91. The van der Waals surface area contributed by atoms with Gasteiger partial charge in [-0.3, -0.25) is 9.59 Å². The fourth-order valence-corrected chi connectivity index (χ4v) is 1.87. The van der Waals surface area contributed by atoms with Crippen molar-refractivity contribution in [2.45, 2.75) is 13.8 Å². The minimum absolute atomic E-state index is 0.0212. The number of Topliss-reactive ketones (excluding diaryl/α,β-unsaturated/α-hetero) is 2. The number of rotatable bonds is 3. The van der Waals surface area contributed by atoms with Crippen LogP contribution in [0.5, 0.6) is 0 Å². The lowest BCUT2D eigenvalue weighted by atomic mass is 10.1. The van der Waals surface area contributed by atoms with E-state index in [4.69, 9.17) is 0 Å². The minimum Gasteiger partial charge on any atom is -0.295 e. The zero-order valence-electron chi connectivity index (χ0n) is 12.6. The van der Waals surface area contributed by atoms with Crippen LogP contribution in [0.4, 0.5) is 0 Å². The SMILES string of the molecule is CC(=O)C(C#Cc1ccc(C(C)=O)cc1)=Cc1ccccc1. The van der Waals surface area contributed by atoms with E-state index >= 15 is 0 Å². The molecule has 0 fully saturated rings. The Labute approximate surface area is 130 Å². The molecule has 2 aromatic carbocycles. The van der Waals surface area contributed by atoms with Crippen molar-refractivity contribution >= 4 is 17.6 Å². The van der Waals surface area contributed by atoms with Crippen molar-refractivity contribution in [3.8, 4) is 11.8 Å². The third-order valence-corrected chi connectivity index (χ3v) is 3.12. The lowest BCUT2D eigenvalue weighted by Crippen LogP contribution is -1.94. The van der Waals surface area contributed by atoms with Crippen LogP contribution in [0.25, 0.3) is 6.08 Å². The molecule has 0 aromatic heterocycles. The quantitative estimate of drug-likeness (QED) is 0.487. The lowest BCUT2D eigenvalue weighted by Gasteiger charge is -1.96. The largest absolute Gasteiger partial charge is 0.295 e. The standard InChI is InChI=1S/C20H16O2/c1-15(21)19-11-8-17(9-12-19)10-13-20(16(2)22)14-18-6-4-3-5-7-18/h3-9,11-12,14H,1-2H3. The van der Waals surface area contributed by atoms with E-state index in [0.717, 1.165) is 11.1 Å². The number of carbonyl (C=O) groups is 2. The van der Waals surface area contributed by atoms with E-state index in [2.05, 4.69) is 11.8 Å². The summed E-state index contributed by atoms with van der Waals surface area (Å²) < 4.78 is 0. The maximum absolute atomic E-state index is 11.7. The summed E-state index contributed by atoms with van der Waals surface area (Å²) in [5.41, 5.74) is 2.82. The molecule has 2 aromatic rings. The van der Waals surface area contributed by atoms with Crippen LogP contribution < -0.4 is 0 Å². The van der Waals surface area contributed by atoms with E-state index in [-0.39, 0.29) is 11.6 Å². The van der Waals surface area contributed by atoms with Crippen molar-refractivity contribution in [1.82, 2.24) is 0 Å². The molecule has 0 heterocycles. The van der Waals surface area contributed by atoms with Crippen LogP contribution in [-0.2, 0) is 4.79 Å². The van der Waals surface area contributed by atoms with Gasteiger partial charge in [0, 0.05) is 11.1 Å². The zero-order chi connectivity index (χ0) is 15.9. The van der Waals surface area contributed by atoms with Crippen LogP contribution in [-0.4, -0.2) is 11.6 Å². The van der Waals surface area contributed by atoms with Crippen molar-refractivity contribution < 1.29 is 9.59 Å². The van der Waals surface area contributed by atoms with Crippen LogP contribution in [0.3, 0.4) is 0 Å². The molecule has 0 unspecified atom stereocenters. The van der Waals surface area contributed by atoms with E-state index in [9.17, 15) is 9.59 Å². The highest BCUT2D eigenvalue weighted by Gasteiger charge is 2.01. The normalized spacial score (nSPS) is 10.5. The summed E-state index contributed by atoms with van der Waals surface area (Å²) in [6.07, 6.45) is 1.78. The van der Waals surface area contributed by atoms with E-state index in [1.165, 1.54) is 13.8 Å². The van der Waals surface area contributed by atoms with Gasteiger partial charge in [-0.1, -0.05) is 54.3 Å². The van der Waals surface area contributed by atoms with Crippen LogP contribution in [0.15, 0.2) is 60.2 Å². The molecule has 2 heteroatoms. The number of allylic oxidation sites excluding steroid dienone is 1. The smallest absolute Gasteiger partial charge is 0.168 e. The van der Waals surface area contributed by atoms with Gasteiger partial charge in [-0.15, -0.1) is 0 Å². The van der Waals surface area contributed by atoms with Crippen LogP contribution in [0.1, 0.15) is 35.3 Å². The third kappa shape index (κ3) is 4.29. The second-order valence-electron chi connectivity index (χ2n) is 4.91. The van der Waals surface area contributed by atoms with E-state index in [1.54, 1.807) is 30.3 Å². The molecular weight excluding hydrogens is 272 g/mol. The molecule has 2 nitrogen and oxygen atoms in total. The zero-order valence-corrected chi connectivity index (χ0v) is 12.6.